The van der Waals surface area contributed by atoms with Crippen LogP contribution in [0.2, 0.25) is 0 Å². The monoisotopic (exact) mass is 217 g/mol. The van der Waals surface area contributed by atoms with Gasteiger partial charge in [-0.3, -0.25) is 0 Å². The molecular weight excluding hydrogens is 202 g/mol. The third-order valence-corrected chi connectivity index (χ3v) is 3.39. The Morgan fingerprint density at radius 2 is 2.07 bits per heavy atom. The molecule has 0 spiro atoms. The van der Waals surface area contributed by atoms with Gasteiger partial charge in [-0.25, -0.2) is 0 Å². The quantitative estimate of drug-likeness (QED) is 0.826. The second-order valence-electron chi connectivity index (χ2n) is 3.64. The molecule has 0 bridgehead atoms. The molecule has 0 aliphatic rings. The number of thiophene rings is 1. The number of aryl methyl sites for hydroxylation is 1. The van der Waals surface area contributed by atoms with E-state index in [1.54, 1.807) is 0 Å². The fourth-order valence-corrected chi connectivity index (χ4v) is 2.54. The van der Waals surface area contributed by atoms with Crippen LogP contribution in [-0.2, 0) is 6.42 Å². The molecule has 1 heterocycles. The fraction of sp³-hybridized carbons (Fsp3) is 0.231. The Bertz CT molecular complexity index is 445. The van der Waals surface area contributed by atoms with E-state index in [0.29, 0.717) is 0 Å². The number of nitrogens with one attached hydrogen (secondary N) is 1. The lowest BCUT2D eigenvalue weighted by Crippen LogP contribution is -1.90. The van der Waals surface area contributed by atoms with E-state index in [4.69, 9.17) is 0 Å². The molecule has 0 unspecified atom stereocenters. The summed E-state index contributed by atoms with van der Waals surface area (Å²) in [5.41, 5.74) is 2.55. The Morgan fingerprint density at radius 3 is 2.73 bits per heavy atom. The summed E-state index contributed by atoms with van der Waals surface area (Å²) in [6, 6.07) is 13.0. The zero-order valence-corrected chi connectivity index (χ0v) is 9.90. The molecule has 2 rings (SSSR count). The Kier molecular flexibility index (Phi) is 3.07. The van der Waals surface area contributed by atoms with Crippen LogP contribution < -0.4 is 5.32 Å². The van der Waals surface area contributed by atoms with Gasteiger partial charge >= 0.3 is 0 Å². The minimum absolute atomic E-state index is 1.04. The summed E-state index contributed by atoms with van der Waals surface area (Å²) in [4.78, 5) is 2.82. The van der Waals surface area contributed by atoms with E-state index >= 15 is 0 Å². The molecule has 1 aromatic carbocycles. The first kappa shape index (κ1) is 10.2. The predicted molar refractivity (Wildman–Crippen MR) is 67.9 cm³/mol. The summed E-state index contributed by atoms with van der Waals surface area (Å²) < 4.78 is 0. The Balaban J connectivity index is 2.16. The van der Waals surface area contributed by atoms with E-state index in [0.717, 1.165) is 6.42 Å². The highest BCUT2D eigenvalue weighted by Crippen LogP contribution is 2.20. The molecule has 1 aromatic heterocycles. The van der Waals surface area contributed by atoms with Crippen LogP contribution >= 0.6 is 11.3 Å². The van der Waals surface area contributed by atoms with Crippen LogP contribution in [0.25, 0.3) is 0 Å². The third kappa shape index (κ3) is 2.60. The molecule has 0 saturated carbocycles. The van der Waals surface area contributed by atoms with Crippen molar-refractivity contribution >= 4 is 17.0 Å². The number of hydrogen-bond acceptors (Lipinski definition) is 2. The van der Waals surface area contributed by atoms with E-state index in [-0.39, 0.29) is 0 Å². The molecule has 0 radical (unpaired) electrons. The molecule has 0 saturated heterocycles. The lowest BCUT2D eigenvalue weighted by molar-refractivity contribution is 1.24. The van der Waals surface area contributed by atoms with Crippen molar-refractivity contribution in [1.29, 1.82) is 0 Å². The maximum atomic E-state index is 3.16. The van der Waals surface area contributed by atoms with Crippen molar-refractivity contribution in [1.82, 2.24) is 0 Å². The first-order valence-corrected chi connectivity index (χ1v) is 5.91. The molecule has 0 fully saturated rings. The largest absolute Gasteiger partial charge is 0.388 e. The van der Waals surface area contributed by atoms with Crippen molar-refractivity contribution in [2.75, 3.05) is 12.4 Å². The van der Waals surface area contributed by atoms with E-state index in [9.17, 15) is 0 Å². The lowest BCUT2D eigenvalue weighted by Gasteiger charge is -2.03. The van der Waals surface area contributed by atoms with E-state index in [2.05, 4.69) is 48.6 Å². The summed E-state index contributed by atoms with van der Waals surface area (Å²) in [5, 5.41) is 3.16. The van der Waals surface area contributed by atoms with Gasteiger partial charge in [0.1, 0.15) is 0 Å². The molecular formula is C13H15NS. The van der Waals surface area contributed by atoms with Crippen molar-refractivity contribution in [3.8, 4) is 0 Å². The fourth-order valence-electron chi connectivity index (χ4n) is 1.62. The Hall–Kier alpha value is -1.28. The molecule has 78 valence electrons. The third-order valence-electron chi connectivity index (χ3n) is 2.39. The van der Waals surface area contributed by atoms with Gasteiger partial charge in [-0.15, -0.1) is 11.3 Å². The van der Waals surface area contributed by atoms with Crippen molar-refractivity contribution in [2.24, 2.45) is 0 Å². The van der Waals surface area contributed by atoms with Crippen LogP contribution in [0.1, 0.15) is 15.3 Å². The van der Waals surface area contributed by atoms with Crippen LogP contribution in [-0.4, -0.2) is 7.05 Å². The zero-order chi connectivity index (χ0) is 10.7. The van der Waals surface area contributed by atoms with Crippen LogP contribution in [0.5, 0.6) is 0 Å². The molecule has 0 atom stereocenters. The van der Waals surface area contributed by atoms with Crippen molar-refractivity contribution in [3.63, 3.8) is 0 Å². The van der Waals surface area contributed by atoms with Gasteiger partial charge in [-0.05, 0) is 36.8 Å². The predicted octanol–water partition coefficient (Wildman–Crippen LogP) is 3.69. The van der Waals surface area contributed by atoms with E-state index in [1.807, 2.05) is 18.4 Å². The van der Waals surface area contributed by atoms with E-state index in [1.165, 1.54) is 21.0 Å². The first-order chi connectivity index (χ1) is 7.28. The van der Waals surface area contributed by atoms with Crippen LogP contribution in [0.15, 0.2) is 36.4 Å². The second-order valence-corrected chi connectivity index (χ2v) is 5.01. The van der Waals surface area contributed by atoms with Gasteiger partial charge < -0.3 is 5.32 Å². The highest BCUT2D eigenvalue weighted by molar-refractivity contribution is 7.11. The molecule has 0 aliphatic carbocycles. The minimum atomic E-state index is 1.04. The topological polar surface area (TPSA) is 12.0 Å². The minimum Gasteiger partial charge on any atom is -0.388 e. The SMILES string of the molecule is CNc1cccc(Cc2ccc(C)s2)c1. The van der Waals surface area contributed by atoms with Crippen LogP contribution in [0.3, 0.4) is 0 Å². The second kappa shape index (κ2) is 4.49. The van der Waals surface area contributed by atoms with E-state index < -0.39 is 0 Å². The smallest absolute Gasteiger partial charge is 0.0340 e. The summed E-state index contributed by atoms with van der Waals surface area (Å²) in [6.45, 7) is 2.15. The number of hydrogen-bond donors (Lipinski definition) is 1. The van der Waals surface area contributed by atoms with Crippen molar-refractivity contribution in [2.45, 2.75) is 13.3 Å². The summed E-state index contributed by atoms with van der Waals surface area (Å²) >= 11 is 1.88. The lowest BCUT2D eigenvalue weighted by atomic mass is 10.1. The highest BCUT2D eigenvalue weighted by Gasteiger charge is 1.99. The molecule has 15 heavy (non-hydrogen) atoms. The summed E-state index contributed by atoms with van der Waals surface area (Å²) in [6.07, 6.45) is 1.04. The normalized spacial score (nSPS) is 10.3. The highest BCUT2D eigenvalue weighted by atomic mass is 32.1. The van der Waals surface area contributed by atoms with Gasteiger partial charge in [-0.1, -0.05) is 12.1 Å². The summed E-state index contributed by atoms with van der Waals surface area (Å²) in [7, 11) is 1.95. The van der Waals surface area contributed by atoms with Crippen LogP contribution in [0, 0.1) is 6.92 Å². The van der Waals surface area contributed by atoms with Gasteiger partial charge in [0, 0.05) is 28.9 Å². The molecule has 2 heteroatoms. The van der Waals surface area contributed by atoms with Gasteiger partial charge in [-0.2, -0.15) is 0 Å². The Labute approximate surface area is 94.8 Å². The van der Waals surface area contributed by atoms with Gasteiger partial charge in [0.05, 0.1) is 0 Å². The molecule has 0 amide bonds. The van der Waals surface area contributed by atoms with Crippen molar-refractivity contribution in [3.05, 3.63) is 51.7 Å². The standard InChI is InChI=1S/C13H15NS/c1-10-6-7-13(15-10)9-11-4-3-5-12(8-11)14-2/h3-8,14H,9H2,1-2H3. The molecule has 0 aliphatic heterocycles. The maximum absolute atomic E-state index is 3.16. The molecule has 1 nitrogen and oxygen atoms in total. The van der Waals surface area contributed by atoms with Gasteiger partial charge in [0.2, 0.25) is 0 Å². The number of rotatable bonds is 3. The average molecular weight is 217 g/mol. The Morgan fingerprint density at radius 1 is 1.20 bits per heavy atom. The number of benzene rings is 1. The first-order valence-electron chi connectivity index (χ1n) is 5.10. The number of anilines is 1. The maximum Gasteiger partial charge on any atom is 0.0340 e. The van der Waals surface area contributed by atoms with Crippen LogP contribution in [0.4, 0.5) is 5.69 Å². The van der Waals surface area contributed by atoms with Gasteiger partial charge in [0.15, 0.2) is 0 Å². The molecule has 2 aromatic rings. The van der Waals surface area contributed by atoms with Crippen molar-refractivity contribution < 1.29 is 0 Å². The zero-order valence-electron chi connectivity index (χ0n) is 9.08. The van der Waals surface area contributed by atoms with Gasteiger partial charge in [0.25, 0.3) is 0 Å². The molecule has 1 N–H and O–H groups in total. The summed E-state index contributed by atoms with van der Waals surface area (Å²) in [5.74, 6) is 0. The average Bonchev–Trinajstić information content (AvgIpc) is 2.64.